The third kappa shape index (κ3) is 1.63. The molecule has 0 spiro atoms. The SMILES string of the molecule is Cc1c(Cl)cccc1NC#N. The predicted octanol–water partition coefficient (Wildman–Crippen LogP) is 2.54. The van der Waals surface area contributed by atoms with E-state index in [2.05, 4.69) is 5.32 Å². The third-order valence-electron chi connectivity index (χ3n) is 1.46. The van der Waals surface area contributed by atoms with Crippen molar-refractivity contribution in [3.05, 3.63) is 28.8 Å². The Morgan fingerprint density at radius 3 is 2.91 bits per heavy atom. The Kier molecular flexibility index (Phi) is 2.35. The summed E-state index contributed by atoms with van der Waals surface area (Å²) in [4.78, 5) is 0. The molecule has 0 saturated carbocycles. The molecule has 0 atom stereocenters. The fourth-order valence-corrected chi connectivity index (χ4v) is 0.978. The fourth-order valence-electron chi connectivity index (χ4n) is 0.803. The highest BCUT2D eigenvalue weighted by Crippen LogP contribution is 2.22. The minimum absolute atomic E-state index is 0.672. The van der Waals surface area contributed by atoms with Gasteiger partial charge in [-0.05, 0) is 24.6 Å². The molecule has 0 heterocycles. The molecular formula is C8H7ClN2. The van der Waals surface area contributed by atoms with Crippen molar-refractivity contribution in [2.45, 2.75) is 6.92 Å². The number of nitrogens with one attached hydrogen (secondary N) is 1. The number of nitriles is 1. The van der Waals surface area contributed by atoms with E-state index in [0.717, 1.165) is 11.3 Å². The molecule has 1 N–H and O–H groups in total. The number of rotatable bonds is 1. The summed E-state index contributed by atoms with van der Waals surface area (Å²) < 4.78 is 0. The van der Waals surface area contributed by atoms with E-state index in [1.54, 1.807) is 12.1 Å². The molecule has 56 valence electrons. The van der Waals surface area contributed by atoms with Gasteiger partial charge in [0.2, 0.25) is 0 Å². The predicted molar refractivity (Wildman–Crippen MR) is 45.4 cm³/mol. The second-order valence-electron chi connectivity index (χ2n) is 2.15. The van der Waals surface area contributed by atoms with Crippen molar-refractivity contribution in [1.82, 2.24) is 0 Å². The summed E-state index contributed by atoms with van der Waals surface area (Å²) in [6, 6.07) is 5.40. The van der Waals surface area contributed by atoms with E-state index in [1.165, 1.54) is 0 Å². The van der Waals surface area contributed by atoms with Crippen molar-refractivity contribution in [1.29, 1.82) is 5.26 Å². The minimum atomic E-state index is 0.672. The van der Waals surface area contributed by atoms with Crippen molar-refractivity contribution >= 4 is 17.3 Å². The molecule has 1 rings (SSSR count). The van der Waals surface area contributed by atoms with Crippen LogP contribution in [0.2, 0.25) is 5.02 Å². The van der Waals surface area contributed by atoms with E-state index in [-0.39, 0.29) is 0 Å². The highest BCUT2D eigenvalue weighted by molar-refractivity contribution is 6.31. The highest BCUT2D eigenvalue weighted by atomic mass is 35.5. The Labute approximate surface area is 70.4 Å². The summed E-state index contributed by atoms with van der Waals surface area (Å²) in [5.41, 5.74) is 1.66. The van der Waals surface area contributed by atoms with Crippen molar-refractivity contribution in [2.75, 3.05) is 5.32 Å². The van der Waals surface area contributed by atoms with Gasteiger partial charge >= 0.3 is 0 Å². The molecule has 0 aromatic heterocycles. The van der Waals surface area contributed by atoms with E-state index in [9.17, 15) is 0 Å². The molecule has 0 aliphatic rings. The molecular weight excluding hydrogens is 160 g/mol. The molecule has 1 aromatic rings. The second-order valence-corrected chi connectivity index (χ2v) is 2.56. The summed E-state index contributed by atoms with van der Waals surface area (Å²) >= 11 is 5.80. The number of nitrogens with zero attached hydrogens (tertiary/aromatic N) is 1. The molecule has 11 heavy (non-hydrogen) atoms. The van der Waals surface area contributed by atoms with Gasteiger partial charge in [-0.3, -0.25) is 5.32 Å². The van der Waals surface area contributed by atoms with Crippen LogP contribution < -0.4 is 5.32 Å². The lowest BCUT2D eigenvalue weighted by atomic mass is 10.2. The molecule has 0 radical (unpaired) electrons. The number of hydrogen-bond acceptors (Lipinski definition) is 2. The maximum atomic E-state index is 8.33. The molecule has 0 fully saturated rings. The average molecular weight is 167 g/mol. The Hall–Kier alpha value is -1.20. The van der Waals surface area contributed by atoms with Crippen molar-refractivity contribution in [3.8, 4) is 6.19 Å². The fraction of sp³-hybridized carbons (Fsp3) is 0.125. The van der Waals surface area contributed by atoms with Gasteiger partial charge in [-0.1, -0.05) is 17.7 Å². The van der Waals surface area contributed by atoms with Crippen LogP contribution in [0, 0.1) is 18.4 Å². The zero-order valence-electron chi connectivity index (χ0n) is 6.06. The number of hydrogen-bond donors (Lipinski definition) is 1. The van der Waals surface area contributed by atoms with Gasteiger partial charge in [0, 0.05) is 5.02 Å². The van der Waals surface area contributed by atoms with Gasteiger partial charge < -0.3 is 0 Å². The molecule has 3 heteroatoms. The van der Waals surface area contributed by atoms with Crippen LogP contribution in [-0.2, 0) is 0 Å². The topological polar surface area (TPSA) is 35.8 Å². The first-order valence-corrected chi connectivity index (χ1v) is 3.53. The van der Waals surface area contributed by atoms with Gasteiger partial charge in [-0.25, -0.2) is 0 Å². The van der Waals surface area contributed by atoms with E-state index < -0.39 is 0 Å². The van der Waals surface area contributed by atoms with Crippen LogP contribution in [0.3, 0.4) is 0 Å². The van der Waals surface area contributed by atoms with E-state index in [4.69, 9.17) is 16.9 Å². The van der Waals surface area contributed by atoms with Crippen molar-refractivity contribution in [2.24, 2.45) is 0 Å². The Morgan fingerprint density at radius 1 is 1.55 bits per heavy atom. The molecule has 0 bridgehead atoms. The lowest BCUT2D eigenvalue weighted by Gasteiger charge is -2.02. The van der Waals surface area contributed by atoms with Crippen LogP contribution in [-0.4, -0.2) is 0 Å². The monoisotopic (exact) mass is 166 g/mol. The van der Waals surface area contributed by atoms with Crippen LogP contribution in [0.15, 0.2) is 18.2 Å². The summed E-state index contributed by atoms with van der Waals surface area (Å²) in [5, 5.41) is 11.5. The van der Waals surface area contributed by atoms with E-state index in [1.807, 2.05) is 19.2 Å². The Balaban J connectivity index is 3.08. The molecule has 1 aromatic carbocycles. The summed E-state index contributed by atoms with van der Waals surface area (Å²) in [6.07, 6.45) is 1.84. The van der Waals surface area contributed by atoms with Crippen LogP contribution in [0.5, 0.6) is 0 Å². The minimum Gasteiger partial charge on any atom is -0.293 e. The van der Waals surface area contributed by atoms with Crippen LogP contribution >= 0.6 is 11.6 Å². The first kappa shape index (κ1) is 7.90. The summed E-state index contributed by atoms with van der Waals surface area (Å²) in [7, 11) is 0. The molecule has 0 amide bonds. The van der Waals surface area contributed by atoms with Gasteiger partial charge in [-0.15, -0.1) is 0 Å². The van der Waals surface area contributed by atoms with E-state index >= 15 is 0 Å². The first-order chi connectivity index (χ1) is 5.25. The Bertz CT molecular complexity index is 301. The van der Waals surface area contributed by atoms with Gasteiger partial charge in [0.15, 0.2) is 6.19 Å². The quantitative estimate of drug-likeness (QED) is 0.514. The maximum Gasteiger partial charge on any atom is 0.181 e. The zero-order chi connectivity index (χ0) is 8.27. The van der Waals surface area contributed by atoms with Crippen LogP contribution in [0.25, 0.3) is 0 Å². The molecule has 0 saturated heterocycles. The molecule has 0 unspecified atom stereocenters. The normalized spacial score (nSPS) is 8.82. The first-order valence-electron chi connectivity index (χ1n) is 3.16. The highest BCUT2D eigenvalue weighted by Gasteiger charge is 1.98. The maximum absolute atomic E-state index is 8.33. The van der Waals surface area contributed by atoms with Crippen LogP contribution in [0.4, 0.5) is 5.69 Å². The van der Waals surface area contributed by atoms with E-state index in [0.29, 0.717) is 5.02 Å². The summed E-state index contributed by atoms with van der Waals surface area (Å²) in [6.45, 7) is 1.86. The standard InChI is InChI=1S/C8H7ClN2/c1-6-7(9)3-2-4-8(6)11-5-10/h2-4,11H,1H3. The van der Waals surface area contributed by atoms with Gasteiger partial charge in [-0.2, -0.15) is 5.26 Å². The van der Waals surface area contributed by atoms with Crippen LogP contribution in [0.1, 0.15) is 5.56 Å². The Morgan fingerprint density at radius 2 is 2.27 bits per heavy atom. The number of anilines is 1. The van der Waals surface area contributed by atoms with Gasteiger partial charge in [0.25, 0.3) is 0 Å². The second kappa shape index (κ2) is 3.27. The molecule has 2 nitrogen and oxygen atoms in total. The summed E-state index contributed by atoms with van der Waals surface area (Å²) in [5.74, 6) is 0. The molecule has 0 aliphatic heterocycles. The number of halogens is 1. The zero-order valence-corrected chi connectivity index (χ0v) is 6.81. The number of benzene rings is 1. The van der Waals surface area contributed by atoms with Crippen molar-refractivity contribution < 1.29 is 0 Å². The molecule has 0 aliphatic carbocycles. The largest absolute Gasteiger partial charge is 0.293 e. The average Bonchev–Trinajstić information content (AvgIpc) is 1.99. The third-order valence-corrected chi connectivity index (χ3v) is 1.87. The van der Waals surface area contributed by atoms with Gasteiger partial charge in [0.05, 0.1) is 5.69 Å². The van der Waals surface area contributed by atoms with Gasteiger partial charge in [0.1, 0.15) is 0 Å². The smallest absolute Gasteiger partial charge is 0.181 e. The lowest BCUT2D eigenvalue weighted by Crippen LogP contribution is -1.90. The van der Waals surface area contributed by atoms with Crippen molar-refractivity contribution in [3.63, 3.8) is 0 Å². The lowest BCUT2D eigenvalue weighted by molar-refractivity contribution is 1.41.